The molecule has 0 saturated carbocycles. The minimum absolute atomic E-state index is 0.195. The van der Waals surface area contributed by atoms with Crippen molar-refractivity contribution in [2.75, 3.05) is 4.90 Å². The molecule has 0 amide bonds. The van der Waals surface area contributed by atoms with Crippen molar-refractivity contribution >= 4 is 81.3 Å². The van der Waals surface area contributed by atoms with Crippen molar-refractivity contribution in [1.29, 1.82) is 0 Å². The molecule has 52 heavy (non-hydrogen) atoms. The summed E-state index contributed by atoms with van der Waals surface area (Å²) in [7, 11) is 0. The van der Waals surface area contributed by atoms with Crippen molar-refractivity contribution in [3.8, 4) is 22.3 Å². The van der Waals surface area contributed by atoms with Crippen LogP contribution in [0.2, 0.25) is 0 Å². The number of benzene rings is 8. The predicted octanol–water partition coefficient (Wildman–Crippen LogP) is 14.6. The smallest absolute Gasteiger partial charge is 0.143 e. The van der Waals surface area contributed by atoms with Gasteiger partial charge >= 0.3 is 0 Å². The molecule has 0 unspecified atom stereocenters. The number of hydrogen-bond donors (Lipinski definition) is 0. The molecule has 3 heteroatoms. The highest BCUT2D eigenvalue weighted by atomic mass is 32.1. The molecular formula is C49H33NOS. The molecule has 0 atom stereocenters. The molecule has 0 bridgehead atoms. The molecule has 0 saturated heterocycles. The van der Waals surface area contributed by atoms with Crippen molar-refractivity contribution in [2.24, 2.45) is 0 Å². The van der Waals surface area contributed by atoms with E-state index in [1.807, 2.05) is 11.3 Å². The summed E-state index contributed by atoms with van der Waals surface area (Å²) in [6, 6.07) is 59.9. The van der Waals surface area contributed by atoms with E-state index in [9.17, 15) is 0 Å². The van der Waals surface area contributed by atoms with Gasteiger partial charge in [0.15, 0.2) is 0 Å². The number of anilines is 3. The van der Waals surface area contributed by atoms with Gasteiger partial charge in [0.25, 0.3) is 0 Å². The molecule has 1 aliphatic rings. The number of rotatable bonds is 4. The van der Waals surface area contributed by atoms with E-state index in [4.69, 9.17) is 4.42 Å². The Morgan fingerprint density at radius 3 is 2.10 bits per heavy atom. The molecule has 10 aromatic rings. The number of furan rings is 1. The first-order valence-electron chi connectivity index (χ1n) is 17.9. The van der Waals surface area contributed by atoms with Crippen LogP contribution in [0.25, 0.3) is 75.1 Å². The van der Waals surface area contributed by atoms with Crippen LogP contribution >= 0.6 is 11.3 Å². The maximum absolute atomic E-state index is 6.69. The van der Waals surface area contributed by atoms with Gasteiger partial charge in [0, 0.05) is 53.0 Å². The quantitative estimate of drug-likeness (QED) is 0.184. The van der Waals surface area contributed by atoms with E-state index < -0.39 is 0 Å². The maximum Gasteiger partial charge on any atom is 0.143 e. The molecule has 246 valence electrons. The van der Waals surface area contributed by atoms with Crippen molar-refractivity contribution in [3.63, 3.8) is 0 Å². The summed E-state index contributed by atoms with van der Waals surface area (Å²) >= 11 is 1.87. The van der Waals surface area contributed by atoms with Crippen LogP contribution in [0.1, 0.15) is 25.0 Å². The third kappa shape index (κ3) is 4.11. The van der Waals surface area contributed by atoms with Crippen LogP contribution in [0.3, 0.4) is 0 Å². The monoisotopic (exact) mass is 683 g/mol. The molecule has 2 aromatic heterocycles. The van der Waals surface area contributed by atoms with Crippen LogP contribution in [0.5, 0.6) is 0 Å². The summed E-state index contributed by atoms with van der Waals surface area (Å²) in [5.74, 6) is 0. The van der Waals surface area contributed by atoms with Gasteiger partial charge in [-0.25, -0.2) is 0 Å². The van der Waals surface area contributed by atoms with Crippen molar-refractivity contribution < 1.29 is 4.42 Å². The van der Waals surface area contributed by atoms with E-state index in [0.29, 0.717) is 0 Å². The lowest BCUT2D eigenvalue weighted by Crippen LogP contribution is -2.21. The fourth-order valence-corrected chi connectivity index (χ4v) is 10.1. The number of hydrogen-bond acceptors (Lipinski definition) is 3. The van der Waals surface area contributed by atoms with Gasteiger partial charge in [0.1, 0.15) is 11.2 Å². The molecule has 2 heterocycles. The summed E-state index contributed by atoms with van der Waals surface area (Å²) in [6.07, 6.45) is 0. The van der Waals surface area contributed by atoms with Crippen LogP contribution in [0, 0.1) is 0 Å². The second-order valence-corrected chi connectivity index (χ2v) is 15.5. The zero-order valence-corrected chi connectivity index (χ0v) is 29.7. The fraction of sp³-hybridized carbons (Fsp3) is 0.0612. The van der Waals surface area contributed by atoms with Crippen molar-refractivity contribution in [1.82, 2.24) is 0 Å². The summed E-state index contributed by atoms with van der Waals surface area (Å²) in [6.45, 7) is 4.76. The van der Waals surface area contributed by atoms with E-state index in [0.717, 1.165) is 49.8 Å². The number of fused-ring (bicyclic) bond motifs is 11. The lowest BCUT2D eigenvalue weighted by Gasteiger charge is -2.33. The Balaban J connectivity index is 1.21. The van der Waals surface area contributed by atoms with E-state index in [2.05, 4.69) is 183 Å². The molecule has 11 rings (SSSR count). The minimum atomic E-state index is -0.195. The Morgan fingerprint density at radius 2 is 1.17 bits per heavy atom. The highest BCUT2D eigenvalue weighted by Gasteiger charge is 2.39. The zero-order valence-electron chi connectivity index (χ0n) is 28.9. The third-order valence-corrected chi connectivity index (χ3v) is 12.4. The highest BCUT2D eigenvalue weighted by Crippen LogP contribution is 2.55. The normalized spacial score (nSPS) is 13.3. The van der Waals surface area contributed by atoms with Gasteiger partial charge in [0.2, 0.25) is 0 Å². The van der Waals surface area contributed by atoms with Gasteiger partial charge in [-0.05, 0) is 75.7 Å². The summed E-state index contributed by atoms with van der Waals surface area (Å²) in [5, 5.41) is 7.20. The number of para-hydroxylation sites is 1. The molecular weight excluding hydrogens is 651 g/mol. The lowest BCUT2D eigenvalue weighted by molar-refractivity contribution is 0.661. The van der Waals surface area contributed by atoms with E-state index in [1.54, 1.807) is 0 Å². The molecule has 0 aliphatic heterocycles. The SMILES string of the molecule is CC1(C)c2ccccc2-c2cccc(N(c3ccc4c(c3)sc3ccccc34)c3ccccc3-c3cccc4oc5c6ccccc6ccc5c34)c21. The maximum atomic E-state index is 6.69. The van der Waals surface area contributed by atoms with Crippen LogP contribution in [0.15, 0.2) is 168 Å². The van der Waals surface area contributed by atoms with E-state index >= 15 is 0 Å². The molecule has 2 nitrogen and oxygen atoms in total. The predicted molar refractivity (Wildman–Crippen MR) is 222 cm³/mol. The van der Waals surface area contributed by atoms with Crippen LogP contribution in [0.4, 0.5) is 17.1 Å². The lowest BCUT2D eigenvalue weighted by atomic mass is 9.81. The van der Waals surface area contributed by atoms with Crippen molar-refractivity contribution in [2.45, 2.75) is 19.3 Å². The first-order chi connectivity index (χ1) is 25.6. The largest absolute Gasteiger partial charge is 0.455 e. The third-order valence-electron chi connectivity index (χ3n) is 11.2. The first kappa shape index (κ1) is 29.6. The summed E-state index contributed by atoms with van der Waals surface area (Å²) in [4.78, 5) is 2.52. The van der Waals surface area contributed by atoms with Gasteiger partial charge in [-0.15, -0.1) is 11.3 Å². The molecule has 0 radical (unpaired) electrons. The van der Waals surface area contributed by atoms with Gasteiger partial charge < -0.3 is 9.32 Å². The van der Waals surface area contributed by atoms with Gasteiger partial charge in [-0.3, -0.25) is 0 Å². The summed E-state index contributed by atoms with van der Waals surface area (Å²) in [5.41, 5.74) is 12.8. The Kier molecular flexibility index (Phi) is 6.21. The van der Waals surface area contributed by atoms with Gasteiger partial charge in [-0.2, -0.15) is 0 Å². The average Bonchev–Trinajstić information content (AvgIpc) is 3.83. The van der Waals surface area contributed by atoms with E-state index in [-0.39, 0.29) is 5.41 Å². The molecule has 0 spiro atoms. The van der Waals surface area contributed by atoms with Crippen LogP contribution < -0.4 is 4.90 Å². The molecule has 8 aromatic carbocycles. The van der Waals surface area contributed by atoms with Crippen molar-refractivity contribution in [3.05, 3.63) is 175 Å². The number of thiophene rings is 1. The zero-order chi connectivity index (χ0) is 34.6. The Morgan fingerprint density at radius 1 is 0.500 bits per heavy atom. The molecule has 0 N–H and O–H groups in total. The Bertz CT molecular complexity index is 3070. The van der Waals surface area contributed by atoms with Crippen LogP contribution in [-0.2, 0) is 5.41 Å². The number of nitrogens with zero attached hydrogens (tertiary/aromatic N) is 1. The Labute approximate surface area is 305 Å². The molecule has 0 fully saturated rings. The highest BCUT2D eigenvalue weighted by molar-refractivity contribution is 7.25. The van der Waals surface area contributed by atoms with E-state index in [1.165, 1.54) is 53.5 Å². The molecule has 1 aliphatic carbocycles. The van der Waals surface area contributed by atoms with Gasteiger partial charge in [0.05, 0.1) is 11.4 Å². The summed E-state index contributed by atoms with van der Waals surface area (Å²) < 4.78 is 9.28. The standard InChI is InChI=1S/C49H33NOS/c1-49(2)40-20-8-5-15-33(40)38-19-11-22-42(47(38)49)50(31-26-28-36-35-17-7-10-24-44(35)52-45(36)29-31)41-21-9-6-16-34(41)37-18-12-23-43-46(37)39-27-25-30-13-3-4-14-32(30)48(39)51-43/h3-29H,1-2H3. The fourth-order valence-electron chi connectivity index (χ4n) is 8.94. The van der Waals surface area contributed by atoms with Crippen LogP contribution in [-0.4, -0.2) is 0 Å². The average molecular weight is 684 g/mol. The Hall–Kier alpha value is -6.16. The topological polar surface area (TPSA) is 16.4 Å². The second-order valence-electron chi connectivity index (χ2n) is 14.4. The first-order valence-corrected chi connectivity index (χ1v) is 18.7. The van der Waals surface area contributed by atoms with Gasteiger partial charge in [-0.1, -0.05) is 135 Å². The minimum Gasteiger partial charge on any atom is -0.455 e. The second kappa shape index (κ2) is 10.9.